The van der Waals surface area contributed by atoms with E-state index >= 15 is 0 Å². The monoisotopic (exact) mass is 393 g/mol. The zero-order valence-corrected chi connectivity index (χ0v) is 16.6. The van der Waals surface area contributed by atoms with Gasteiger partial charge in [0.15, 0.2) is 0 Å². The van der Waals surface area contributed by atoms with E-state index in [1.165, 1.54) is 43.4 Å². The molecule has 1 aliphatic heterocycles. The third-order valence-corrected chi connectivity index (χ3v) is 6.41. The van der Waals surface area contributed by atoms with Gasteiger partial charge in [-0.05, 0) is 49.3 Å². The van der Waals surface area contributed by atoms with Gasteiger partial charge in [-0.25, -0.2) is 0 Å². The third kappa shape index (κ3) is 4.48. The molecule has 4 rings (SSSR count). The summed E-state index contributed by atoms with van der Waals surface area (Å²) in [6.07, 6.45) is 4.90. The van der Waals surface area contributed by atoms with Gasteiger partial charge in [-0.2, -0.15) is 0 Å². The summed E-state index contributed by atoms with van der Waals surface area (Å²) in [7, 11) is 0. The van der Waals surface area contributed by atoms with E-state index in [-0.39, 0.29) is 11.6 Å². The molecule has 2 fully saturated rings. The van der Waals surface area contributed by atoms with Crippen LogP contribution in [0.3, 0.4) is 0 Å². The van der Waals surface area contributed by atoms with E-state index in [2.05, 4.69) is 35.2 Å². The van der Waals surface area contributed by atoms with Crippen molar-refractivity contribution in [2.45, 2.75) is 37.6 Å². The number of nitro benzene ring substituents is 1. The number of hydrogen-bond donors (Lipinski definition) is 0. The second-order valence-electron chi connectivity index (χ2n) is 8.05. The predicted molar refractivity (Wildman–Crippen MR) is 112 cm³/mol. The van der Waals surface area contributed by atoms with E-state index in [0.29, 0.717) is 30.6 Å². The van der Waals surface area contributed by atoms with E-state index < -0.39 is 4.92 Å². The fourth-order valence-electron chi connectivity index (χ4n) is 4.70. The maximum absolute atomic E-state index is 12.7. The van der Waals surface area contributed by atoms with Crippen LogP contribution in [0.25, 0.3) is 0 Å². The molecule has 0 aromatic heterocycles. The van der Waals surface area contributed by atoms with Crippen LogP contribution in [0, 0.1) is 10.1 Å². The largest absolute Gasteiger partial charge is 0.336 e. The average molecular weight is 393 g/mol. The van der Waals surface area contributed by atoms with Crippen molar-refractivity contribution in [1.82, 2.24) is 9.80 Å². The molecule has 1 saturated heterocycles. The molecule has 0 radical (unpaired) electrons. The molecule has 0 spiro atoms. The first kappa shape index (κ1) is 19.6. The summed E-state index contributed by atoms with van der Waals surface area (Å²) >= 11 is 0. The number of rotatable bonds is 4. The van der Waals surface area contributed by atoms with E-state index in [1.54, 1.807) is 12.1 Å². The van der Waals surface area contributed by atoms with Crippen molar-refractivity contribution in [2.75, 3.05) is 26.2 Å². The van der Waals surface area contributed by atoms with Crippen LogP contribution in [0.1, 0.15) is 47.5 Å². The number of amides is 1. The topological polar surface area (TPSA) is 66.7 Å². The zero-order chi connectivity index (χ0) is 20.2. The second kappa shape index (κ2) is 8.74. The first-order valence-corrected chi connectivity index (χ1v) is 10.4. The molecule has 6 nitrogen and oxygen atoms in total. The number of hydrogen-bond acceptors (Lipinski definition) is 4. The molecule has 0 bridgehead atoms. The Labute approximate surface area is 171 Å². The van der Waals surface area contributed by atoms with Crippen molar-refractivity contribution in [2.24, 2.45) is 0 Å². The number of nitro groups is 1. The van der Waals surface area contributed by atoms with Crippen molar-refractivity contribution in [3.8, 4) is 0 Å². The summed E-state index contributed by atoms with van der Waals surface area (Å²) in [5.74, 6) is 0.643. The number of piperazine rings is 1. The Morgan fingerprint density at radius 1 is 0.862 bits per heavy atom. The molecule has 0 N–H and O–H groups in total. The molecule has 152 valence electrons. The van der Waals surface area contributed by atoms with E-state index in [1.807, 2.05) is 4.90 Å². The highest BCUT2D eigenvalue weighted by atomic mass is 16.6. The summed E-state index contributed by atoms with van der Waals surface area (Å²) in [4.78, 5) is 27.4. The molecular weight excluding hydrogens is 366 g/mol. The summed E-state index contributed by atoms with van der Waals surface area (Å²) in [6, 6.07) is 17.3. The summed E-state index contributed by atoms with van der Waals surface area (Å²) in [6.45, 7) is 3.24. The van der Waals surface area contributed by atoms with Crippen LogP contribution in [-0.2, 0) is 0 Å². The van der Waals surface area contributed by atoms with Gasteiger partial charge in [-0.3, -0.25) is 19.8 Å². The van der Waals surface area contributed by atoms with Crippen molar-refractivity contribution >= 4 is 11.6 Å². The molecular formula is C23H27N3O3. The average Bonchev–Trinajstić information content (AvgIpc) is 2.79. The Kier molecular flexibility index (Phi) is 5.90. The van der Waals surface area contributed by atoms with Crippen molar-refractivity contribution in [1.29, 1.82) is 0 Å². The number of carbonyl (C=O) groups is 1. The predicted octanol–water partition coefficient (Wildman–Crippen LogP) is 4.08. The molecule has 0 unspecified atom stereocenters. The van der Waals surface area contributed by atoms with Crippen LogP contribution in [0.4, 0.5) is 5.69 Å². The standard InChI is InChI=1S/C23H27N3O3/c27-23(20-8-12-22(13-9-20)26(28)29)25-16-14-24(15-17-25)21-10-6-19(7-11-21)18-4-2-1-3-5-18/h1-5,8-9,12-13,19,21H,6-7,10-11,14-17H2. The Balaban J connectivity index is 1.27. The SMILES string of the molecule is O=C(c1ccc([N+](=O)[O-])cc1)N1CCN(C2CCC(c3ccccc3)CC2)CC1. The summed E-state index contributed by atoms with van der Waals surface area (Å²) in [5, 5.41) is 10.8. The molecule has 2 aromatic carbocycles. The Bertz CT molecular complexity index is 837. The lowest BCUT2D eigenvalue weighted by Gasteiger charge is -2.42. The molecule has 1 saturated carbocycles. The Morgan fingerprint density at radius 2 is 1.48 bits per heavy atom. The summed E-state index contributed by atoms with van der Waals surface area (Å²) in [5.41, 5.74) is 1.99. The maximum Gasteiger partial charge on any atom is 0.269 e. The third-order valence-electron chi connectivity index (χ3n) is 6.41. The lowest BCUT2D eigenvalue weighted by molar-refractivity contribution is -0.384. The molecule has 0 atom stereocenters. The highest BCUT2D eigenvalue weighted by Gasteiger charge is 2.30. The minimum absolute atomic E-state index is 0.0116. The number of carbonyl (C=O) groups excluding carboxylic acids is 1. The van der Waals surface area contributed by atoms with Crippen LogP contribution < -0.4 is 0 Å². The van der Waals surface area contributed by atoms with Gasteiger partial charge in [0, 0.05) is 49.9 Å². The van der Waals surface area contributed by atoms with Gasteiger partial charge < -0.3 is 4.90 Å². The quantitative estimate of drug-likeness (QED) is 0.580. The van der Waals surface area contributed by atoms with Gasteiger partial charge in [0.05, 0.1) is 4.92 Å². The van der Waals surface area contributed by atoms with Crippen molar-refractivity contribution in [3.05, 3.63) is 75.8 Å². The Morgan fingerprint density at radius 3 is 2.07 bits per heavy atom. The molecule has 1 amide bonds. The van der Waals surface area contributed by atoms with E-state index in [0.717, 1.165) is 13.1 Å². The van der Waals surface area contributed by atoms with E-state index in [9.17, 15) is 14.9 Å². The van der Waals surface area contributed by atoms with Crippen LogP contribution in [0.5, 0.6) is 0 Å². The molecule has 1 heterocycles. The molecule has 2 aromatic rings. The van der Waals surface area contributed by atoms with Gasteiger partial charge in [0.25, 0.3) is 11.6 Å². The smallest absolute Gasteiger partial charge is 0.269 e. The number of nitrogens with zero attached hydrogens (tertiary/aromatic N) is 3. The fraction of sp³-hybridized carbons (Fsp3) is 0.435. The van der Waals surface area contributed by atoms with Gasteiger partial charge in [-0.1, -0.05) is 30.3 Å². The highest BCUT2D eigenvalue weighted by Crippen LogP contribution is 2.35. The normalized spacial score (nSPS) is 23.0. The maximum atomic E-state index is 12.7. The molecule has 6 heteroatoms. The molecule has 2 aliphatic rings. The van der Waals surface area contributed by atoms with Gasteiger partial charge in [0.1, 0.15) is 0 Å². The van der Waals surface area contributed by atoms with Crippen LogP contribution in [0.15, 0.2) is 54.6 Å². The van der Waals surface area contributed by atoms with Gasteiger partial charge in [0.2, 0.25) is 0 Å². The number of non-ortho nitro benzene ring substituents is 1. The lowest BCUT2D eigenvalue weighted by Crippen LogP contribution is -2.52. The van der Waals surface area contributed by atoms with Crippen LogP contribution in [0.2, 0.25) is 0 Å². The molecule has 29 heavy (non-hydrogen) atoms. The van der Waals surface area contributed by atoms with E-state index in [4.69, 9.17) is 0 Å². The van der Waals surface area contributed by atoms with Gasteiger partial charge >= 0.3 is 0 Å². The van der Waals surface area contributed by atoms with Gasteiger partial charge in [-0.15, -0.1) is 0 Å². The zero-order valence-electron chi connectivity index (χ0n) is 16.6. The molecule has 1 aliphatic carbocycles. The fourth-order valence-corrected chi connectivity index (χ4v) is 4.70. The first-order chi connectivity index (χ1) is 14.1. The first-order valence-electron chi connectivity index (χ1n) is 10.4. The Hall–Kier alpha value is -2.73. The summed E-state index contributed by atoms with van der Waals surface area (Å²) < 4.78 is 0. The highest BCUT2D eigenvalue weighted by molar-refractivity contribution is 5.94. The van der Waals surface area contributed by atoms with Crippen LogP contribution in [-0.4, -0.2) is 52.9 Å². The van der Waals surface area contributed by atoms with Crippen molar-refractivity contribution in [3.63, 3.8) is 0 Å². The van der Waals surface area contributed by atoms with Crippen LogP contribution >= 0.6 is 0 Å². The lowest BCUT2D eigenvalue weighted by atomic mass is 9.81. The second-order valence-corrected chi connectivity index (χ2v) is 8.05. The van der Waals surface area contributed by atoms with Crippen molar-refractivity contribution < 1.29 is 9.72 Å². The number of benzene rings is 2. The minimum Gasteiger partial charge on any atom is -0.336 e. The minimum atomic E-state index is -0.445.